The molecule has 3 rings (SSSR count). The van der Waals surface area contributed by atoms with Gasteiger partial charge >= 0.3 is 18.1 Å². The fraction of sp³-hybridized carbons (Fsp3) is 0.0741. The standard InChI is InChI=1S/C27H22O6/c1-17(2)25(28)31-23-13-9-21(10-14-23)19-5-7-20(8-6-19)22-11-15-24(16-12-22)32-27(30)33-26(29)18(3)4/h5-16H,1,3H2,2,4H3. The van der Waals surface area contributed by atoms with Gasteiger partial charge in [-0.1, -0.05) is 61.7 Å². The van der Waals surface area contributed by atoms with E-state index in [-0.39, 0.29) is 11.3 Å². The molecule has 0 saturated carbocycles. The van der Waals surface area contributed by atoms with Crippen LogP contribution in [-0.4, -0.2) is 18.1 Å². The van der Waals surface area contributed by atoms with Crippen molar-refractivity contribution in [2.24, 2.45) is 0 Å². The van der Waals surface area contributed by atoms with E-state index in [4.69, 9.17) is 9.47 Å². The Kier molecular flexibility index (Phi) is 7.20. The number of benzene rings is 3. The van der Waals surface area contributed by atoms with E-state index in [0.29, 0.717) is 11.3 Å². The molecule has 0 unspecified atom stereocenters. The Morgan fingerprint density at radius 1 is 0.545 bits per heavy atom. The highest BCUT2D eigenvalue weighted by atomic mass is 16.7. The van der Waals surface area contributed by atoms with Crippen LogP contribution in [0, 0.1) is 0 Å². The summed E-state index contributed by atoms with van der Waals surface area (Å²) in [5, 5.41) is 0. The number of esters is 2. The second-order valence-electron chi connectivity index (χ2n) is 7.32. The van der Waals surface area contributed by atoms with Gasteiger partial charge in [0.25, 0.3) is 0 Å². The molecule has 0 aromatic heterocycles. The van der Waals surface area contributed by atoms with Crippen LogP contribution in [0.2, 0.25) is 0 Å². The molecule has 6 heteroatoms. The summed E-state index contributed by atoms with van der Waals surface area (Å²) in [5.74, 6) is -0.583. The molecule has 0 bridgehead atoms. The van der Waals surface area contributed by atoms with Gasteiger partial charge in [0, 0.05) is 11.1 Å². The third-order valence-electron chi connectivity index (χ3n) is 4.54. The molecular formula is C27H22O6. The summed E-state index contributed by atoms with van der Waals surface area (Å²) < 4.78 is 14.7. The fourth-order valence-electron chi connectivity index (χ4n) is 2.76. The molecule has 0 atom stereocenters. The highest BCUT2D eigenvalue weighted by molar-refractivity contribution is 5.94. The van der Waals surface area contributed by atoms with Crippen molar-refractivity contribution in [1.82, 2.24) is 0 Å². The molecule has 33 heavy (non-hydrogen) atoms. The fourth-order valence-corrected chi connectivity index (χ4v) is 2.76. The number of rotatable bonds is 6. The molecule has 0 aliphatic heterocycles. The summed E-state index contributed by atoms with van der Waals surface area (Å²) >= 11 is 0. The maximum absolute atomic E-state index is 11.6. The van der Waals surface area contributed by atoms with Gasteiger partial charge in [-0.3, -0.25) is 0 Å². The van der Waals surface area contributed by atoms with E-state index >= 15 is 0 Å². The molecule has 0 spiro atoms. The van der Waals surface area contributed by atoms with E-state index in [9.17, 15) is 14.4 Å². The summed E-state index contributed by atoms with van der Waals surface area (Å²) in [4.78, 5) is 34.6. The maximum Gasteiger partial charge on any atom is 0.521 e. The van der Waals surface area contributed by atoms with Crippen LogP contribution in [0.5, 0.6) is 11.5 Å². The third kappa shape index (κ3) is 6.27. The van der Waals surface area contributed by atoms with Gasteiger partial charge in [-0.25, -0.2) is 14.4 Å². The lowest BCUT2D eigenvalue weighted by atomic mass is 10.0. The Labute approximate surface area is 191 Å². The molecule has 0 amide bonds. The smallest absolute Gasteiger partial charge is 0.423 e. The third-order valence-corrected chi connectivity index (χ3v) is 4.54. The van der Waals surface area contributed by atoms with Crippen molar-refractivity contribution in [3.05, 3.63) is 97.1 Å². The first-order valence-electron chi connectivity index (χ1n) is 10.0. The van der Waals surface area contributed by atoms with Gasteiger partial charge in [-0.2, -0.15) is 0 Å². The zero-order chi connectivity index (χ0) is 24.0. The highest BCUT2D eigenvalue weighted by Gasteiger charge is 2.13. The van der Waals surface area contributed by atoms with Crippen molar-refractivity contribution >= 4 is 18.1 Å². The predicted octanol–water partition coefficient (Wildman–Crippen LogP) is 6.12. The molecule has 3 aromatic carbocycles. The summed E-state index contributed by atoms with van der Waals surface area (Å²) in [5.41, 5.74) is 4.31. The van der Waals surface area contributed by atoms with E-state index in [1.807, 2.05) is 36.4 Å². The maximum atomic E-state index is 11.6. The zero-order valence-corrected chi connectivity index (χ0v) is 18.3. The molecule has 0 fully saturated rings. The normalized spacial score (nSPS) is 10.1. The van der Waals surface area contributed by atoms with Crippen LogP contribution in [0.15, 0.2) is 97.1 Å². The van der Waals surface area contributed by atoms with Crippen molar-refractivity contribution in [2.75, 3.05) is 0 Å². The lowest BCUT2D eigenvalue weighted by Gasteiger charge is -2.08. The average Bonchev–Trinajstić information content (AvgIpc) is 2.80. The topological polar surface area (TPSA) is 78.9 Å². The molecule has 3 aromatic rings. The van der Waals surface area contributed by atoms with Crippen molar-refractivity contribution in [3.63, 3.8) is 0 Å². The predicted molar refractivity (Wildman–Crippen MR) is 125 cm³/mol. The molecule has 0 aliphatic carbocycles. The molecule has 6 nitrogen and oxygen atoms in total. The van der Waals surface area contributed by atoms with Gasteiger partial charge in [-0.15, -0.1) is 0 Å². The van der Waals surface area contributed by atoms with E-state index in [2.05, 4.69) is 17.9 Å². The van der Waals surface area contributed by atoms with Gasteiger partial charge in [0.2, 0.25) is 0 Å². The number of hydrogen-bond donors (Lipinski definition) is 0. The molecule has 0 radical (unpaired) electrons. The molecule has 166 valence electrons. The molecule has 0 N–H and O–H groups in total. The Morgan fingerprint density at radius 3 is 1.24 bits per heavy atom. The first-order valence-corrected chi connectivity index (χ1v) is 10.0. The van der Waals surface area contributed by atoms with E-state index in [0.717, 1.165) is 22.3 Å². The average molecular weight is 442 g/mol. The van der Waals surface area contributed by atoms with E-state index < -0.39 is 18.1 Å². The van der Waals surface area contributed by atoms with E-state index in [1.165, 1.54) is 6.92 Å². The minimum absolute atomic E-state index is 0.105. The Balaban J connectivity index is 1.64. The second kappa shape index (κ2) is 10.2. The van der Waals surface area contributed by atoms with Gasteiger partial charge in [0.1, 0.15) is 11.5 Å². The lowest BCUT2D eigenvalue weighted by molar-refractivity contribution is -0.134. The van der Waals surface area contributed by atoms with Crippen LogP contribution < -0.4 is 9.47 Å². The van der Waals surface area contributed by atoms with Gasteiger partial charge < -0.3 is 14.2 Å². The zero-order valence-electron chi connectivity index (χ0n) is 18.3. The van der Waals surface area contributed by atoms with Crippen LogP contribution in [0.4, 0.5) is 4.79 Å². The summed E-state index contributed by atoms with van der Waals surface area (Å²) in [7, 11) is 0. The number of carbonyl (C=O) groups excluding carboxylic acids is 3. The molecule has 0 saturated heterocycles. The quantitative estimate of drug-likeness (QED) is 0.150. The van der Waals surface area contributed by atoms with Crippen molar-refractivity contribution in [3.8, 4) is 33.8 Å². The SMILES string of the molecule is C=C(C)C(=O)OC(=O)Oc1ccc(-c2ccc(-c3ccc(OC(=O)C(=C)C)cc3)cc2)cc1. The minimum Gasteiger partial charge on any atom is -0.423 e. The van der Waals surface area contributed by atoms with Crippen LogP contribution >= 0.6 is 0 Å². The van der Waals surface area contributed by atoms with Crippen molar-refractivity contribution < 1.29 is 28.6 Å². The van der Waals surface area contributed by atoms with E-state index in [1.54, 1.807) is 43.3 Å². The van der Waals surface area contributed by atoms with Crippen LogP contribution in [0.3, 0.4) is 0 Å². The summed E-state index contributed by atoms with van der Waals surface area (Å²) in [6, 6.07) is 21.9. The first-order chi connectivity index (χ1) is 15.7. The highest BCUT2D eigenvalue weighted by Crippen LogP contribution is 2.27. The van der Waals surface area contributed by atoms with Crippen LogP contribution in [-0.2, 0) is 14.3 Å². The second-order valence-corrected chi connectivity index (χ2v) is 7.32. The Morgan fingerprint density at radius 2 is 0.879 bits per heavy atom. The lowest BCUT2D eigenvalue weighted by Crippen LogP contribution is -2.16. The number of carbonyl (C=O) groups is 3. The minimum atomic E-state index is -1.11. The van der Waals surface area contributed by atoms with Crippen LogP contribution in [0.1, 0.15) is 13.8 Å². The largest absolute Gasteiger partial charge is 0.521 e. The van der Waals surface area contributed by atoms with Gasteiger partial charge in [-0.05, 0) is 60.4 Å². The number of hydrogen-bond acceptors (Lipinski definition) is 6. The Bertz CT molecular complexity index is 1200. The van der Waals surface area contributed by atoms with Crippen LogP contribution in [0.25, 0.3) is 22.3 Å². The summed E-state index contributed by atoms with van der Waals surface area (Å²) in [6.07, 6.45) is -1.11. The number of ether oxygens (including phenoxy) is 3. The molecule has 0 heterocycles. The summed E-state index contributed by atoms with van der Waals surface area (Å²) in [6.45, 7) is 10.0. The van der Waals surface area contributed by atoms with Gasteiger partial charge in [0.05, 0.1) is 0 Å². The molecular weight excluding hydrogens is 420 g/mol. The monoisotopic (exact) mass is 442 g/mol. The van der Waals surface area contributed by atoms with Crippen molar-refractivity contribution in [1.29, 1.82) is 0 Å². The van der Waals surface area contributed by atoms with Gasteiger partial charge in [0.15, 0.2) is 0 Å². The first kappa shape index (κ1) is 23.2. The molecule has 0 aliphatic rings. The van der Waals surface area contributed by atoms with Crippen molar-refractivity contribution in [2.45, 2.75) is 13.8 Å². The Hall–Kier alpha value is -4.45.